The summed E-state index contributed by atoms with van der Waals surface area (Å²) in [5.41, 5.74) is 3.72. The zero-order chi connectivity index (χ0) is 19.2. The number of carboxylic acids is 1. The molecule has 0 saturated carbocycles. The summed E-state index contributed by atoms with van der Waals surface area (Å²) in [5, 5.41) is 9.64. The van der Waals surface area contributed by atoms with Crippen LogP contribution in [0.5, 0.6) is 5.75 Å². The van der Waals surface area contributed by atoms with Gasteiger partial charge in [0.15, 0.2) is 0 Å². The van der Waals surface area contributed by atoms with Gasteiger partial charge in [0, 0.05) is 16.8 Å². The lowest BCUT2D eigenvalue weighted by atomic mass is 10.1. The summed E-state index contributed by atoms with van der Waals surface area (Å²) in [6, 6.07) is 19.8. The quantitative estimate of drug-likeness (QED) is 0.561. The van der Waals surface area contributed by atoms with Crippen molar-refractivity contribution in [3.8, 4) is 5.75 Å². The molecule has 0 aliphatic carbocycles. The van der Waals surface area contributed by atoms with Gasteiger partial charge in [-0.2, -0.15) is 0 Å². The smallest absolute Gasteiger partial charge is 0.335 e. The van der Waals surface area contributed by atoms with Gasteiger partial charge in [-0.05, 0) is 54.4 Å². The lowest BCUT2D eigenvalue weighted by Gasteiger charge is -2.09. The Balaban J connectivity index is 1.75. The number of aliphatic imine (C=N–C) groups is 1. The Morgan fingerprint density at radius 2 is 1.81 bits per heavy atom. The number of ether oxygens (including phenoxy) is 1. The summed E-state index contributed by atoms with van der Waals surface area (Å²) in [6.07, 6.45) is 1.75. The monoisotopic (exact) mass is 379 g/mol. The number of hydrogen-bond donors (Lipinski definition) is 1. The number of para-hydroxylation sites is 1. The van der Waals surface area contributed by atoms with Crippen molar-refractivity contribution in [1.82, 2.24) is 0 Å². The van der Waals surface area contributed by atoms with Crippen LogP contribution in [0.4, 0.5) is 5.69 Å². The van der Waals surface area contributed by atoms with E-state index in [-0.39, 0.29) is 5.56 Å². The zero-order valence-corrected chi connectivity index (χ0v) is 15.5. The van der Waals surface area contributed by atoms with Gasteiger partial charge in [0.05, 0.1) is 11.3 Å². The third kappa shape index (κ3) is 4.74. The molecule has 3 aromatic carbocycles. The molecular weight excluding hydrogens is 362 g/mol. The summed E-state index contributed by atoms with van der Waals surface area (Å²) >= 11 is 6.14. The van der Waals surface area contributed by atoms with Gasteiger partial charge in [0.2, 0.25) is 0 Å². The summed E-state index contributed by atoms with van der Waals surface area (Å²) < 4.78 is 5.90. The molecule has 27 heavy (non-hydrogen) atoms. The standard InChI is InChI=1S/C22H18ClNO3/c1-15-19(23)6-4-7-20(15)24-13-18-5-2-3-8-21(18)27-14-16-9-11-17(12-10-16)22(25)26/h2-13H,14H2,1H3,(H,25,26). The fourth-order valence-electron chi connectivity index (χ4n) is 2.50. The first-order chi connectivity index (χ1) is 13.0. The predicted octanol–water partition coefficient (Wildman–Crippen LogP) is 5.68. The summed E-state index contributed by atoms with van der Waals surface area (Å²) in [4.78, 5) is 15.4. The minimum atomic E-state index is -0.944. The van der Waals surface area contributed by atoms with E-state index in [0.717, 1.165) is 22.4 Å². The van der Waals surface area contributed by atoms with Gasteiger partial charge in [-0.25, -0.2) is 4.79 Å². The molecule has 3 rings (SSSR count). The van der Waals surface area contributed by atoms with E-state index in [1.807, 2.05) is 49.4 Å². The van der Waals surface area contributed by atoms with Gasteiger partial charge < -0.3 is 9.84 Å². The van der Waals surface area contributed by atoms with E-state index >= 15 is 0 Å². The molecule has 1 N–H and O–H groups in total. The molecule has 0 aromatic heterocycles. The number of hydrogen-bond acceptors (Lipinski definition) is 3. The third-order valence-corrected chi connectivity index (χ3v) is 4.51. The molecular formula is C22H18ClNO3. The molecule has 3 aromatic rings. The molecule has 0 heterocycles. The second kappa shape index (κ2) is 8.52. The molecule has 0 amide bonds. The first-order valence-electron chi connectivity index (χ1n) is 8.38. The van der Waals surface area contributed by atoms with Crippen molar-refractivity contribution in [2.24, 2.45) is 4.99 Å². The normalized spacial score (nSPS) is 10.9. The highest BCUT2D eigenvalue weighted by Crippen LogP contribution is 2.26. The highest BCUT2D eigenvalue weighted by Gasteiger charge is 2.05. The van der Waals surface area contributed by atoms with Gasteiger partial charge >= 0.3 is 5.97 Å². The average Bonchev–Trinajstić information content (AvgIpc) is 2.68. The van der Waals surface area contributed by atoms with Crippen LogP contribution in [-0.4, -0.2) is 17.3 Å². The average molecular weight is 380 g/mol. The lowest BCUT2D eigenvalue weighted by molar-refractivity contribution is 0.0697. The number of rotatable bonds is 6. The molecule has 136 valence electrons. The van der Waals surface area contributed by atoms with E-state index in [2.05, 4.69) is 4.99 Å². The van der Waals surface area contributed by atoms with E-state index in [1.54, 1.807) is 30.5 Å². The molecule has 0 fully saturated rings. The highest BCUT2D eigenvalue weighted by molar-refractivity contribution is 6.31. The van der Waals surface area contributed by atoms with Crippen LogP contribution < -0.4 is 4.74 Å². The number of carboxylic acid groups (broad SMARTS) is 1. The van der Waals surface area contributed by atoms with Crippen molar-refractivity contribution in [3.05, 3.63) is 94.0 Å². The minimum Gasteiger partial charge on any atom is -0.488 e. The van der Waals surface area contributed by atoms with Crippen LogP contribution in [0.3, 0.4) is 0 Å². The largest absolute Gasteiger partial charge is 0.488 e. The van der Waals surface area contributed by atoms with Gasteiger partial charge in [-0.1, -0.05) is 41.9 Å². The van der Waals surface area contributed by atoms with E-state index in [1.165, 1.54) is 0 Å². The molecule has 0 saturated heterocycles. The Labute approximate surface area is 162 Å². The topological polar surface area (TPSA) is 58.9 Å². The predicted molar refractivity (Wildman–Crippen MR) is 108 cm³/mol. The maximum atomic E-state index is 10.9. The van der Waals surface area contributed by atoms with Crippen molar-refractivity contribution < 1.29 is 14.6 Å². The van der Waals surface area contributed by atoms with Crippen molar-refractivity contribution >= 4 is 29.5 Å². The number of carbonyl (C=O) groups is 1. The van der Waals surface area contributed by atoms with E-state index < -0.39 is 5.97 Å². The summed E-state index contributed by atoms with van der Waals surface area (Å²) in [6.45, 7) is 2.26. The maximum absolute atomic E-state index is 10.9. The number of benzene rings is 3. The maximum Gasteiger partial charge on any atom is 0.335 e. The molecule has 5 heteroatoms. The van der Waals surface area contributed by atoms with Gasteiger partial charge in [0.1, 0.15) is 12.4 Å². The van der Waals surface area contributed by atoms with Crippen molar-refractivity contribution in [3.63, 3.8) is 0 Å². The Bertz CT molecular complexity index is 981. The van der Waals surface area contributed by atoms with Crippen LogP contribution in [-0.2, 0) is 6.61 Å². The van der Waals surface area contributed by atoms with Crippen LogP contribution >= 0.6 is 11.6 Å². The third-order valence-electron chi connectivity index (χ3n) is 4.10. The van der Waals surface area contributed by atoms with Gasteiger partial charge in [-0.3, -0.25) is 4.99 Å². The van der Waals surface area contributed by atoms with Crippen molar-refractivity contribution in [2.75, 3.05) is 0 Å². The second-order valence-corrected chi connectivity index (χ2v) is 6.38. The van der Waals surface area contributed by atoms with Crippen molar-refractivity contribution in [1.29, 1.82) is 0 Å². The fourth-order valence-corrected chi connectivity index (χ4v) is 2.67. The number of halogens is 1. The van der Waals surface area contributed by atoms with Crippen LogP contribution in [0.2, 0.25) is 5.02 Å². The lowest BCUT2D eigenvalue weighted by Crippen LogP contribution is -2.00. The first kappa shape index (κ1) is 18.7. The molecule has 0 bridgehead atoms. The van der Waals surface area contributed by atoms with Crippen LogP contribution in [0.1, 0.15) is 27.0 Å². The Kier molecular flexibility index (Phi) is 5.89. The van der Waals surface area contributed by atoms with Crippen LogP contribution in [0.25, 0.3) is 0 Å². The van der Waals surface area contributed by atoms with Crippen LogP contribution in [0, 0.1) is 6.92 Å². The summed E-state index contributed by atoms with van der Waals surface area (Å²) in [7, 11) is 0. The van der Waals surface area contributed by atoms with E-state index in [9.17, 15) is 4.79 Å². The zero-order valence-electron chi connectivity index (χ0n) is 14.7. The van der Waals surface area contributed by atoms with E-state index in [0.29, 0.717) is 17.4 Å². The molecule has 0 aliphatic heterocycles. The highest BCUT2D eigenvalue weighted by atomic mass is 35.5. The molecule has 0 spiro atoms. The van der Waals surface area contributed by atoms with Crippen molar-refractivity contribution in [2.45, 2.75) is 13.5 Å². The number of aromatic carboxylic acids is 1. The first-order valence-corrected chi connectivity index (χ1v) is 8.75. The molecule has 0 unspecified atom stereocenters. The Hall–Kier alpha value is -3.11. The number of nitrogens with zero attached hydrogens (tertiary/aromatic N) is 1. The van der Waals surface area contributed by atoms with Gasteiger partial charge in [0.25, 0.3) is 0 Å². The Morgan fingerprint density at radius 1 is 1.07 bits per heavy atom. The molecule has 4 nitrogen and oxygen atoms in total. The fraction of sp³-hybridized carbons (Fsp3) is 0.0909. The molecule has 0 atom stereocenters. The molecule has 0 radical (unpaired) electrons. The minimum absolute atomic E-state index is 0.253. The molecule has 0 aliphatic rings. The SMILES string of the molecule is Cc1c(Cl)cccc1N=Cc1ccccc1OCc1ccc(C(=O)O)cc1. The van der Waals surface area contributed by atoms with Gasteiger partial charge in [-0.15, -0.1) is 0 Å². The Morgan fingerprint density at radius 3 is 2.56 bits per heavy atom. The van der Waals surface area contributed by atoms with E-state index in [4.69, 9.17) is 21.4 Å². The van der Waals surface area contributed by atoms with Crippen LogP contribution in [0.15, 0.2) is 71.7 Å². The summed E-state index contributed by atoms with van der Waals surface area (Å²) in [5.74, 6) is -0.247. The second-order valence-electron chi connectivity index (χ2n) is 5.97.